The van der Waals surface area contributed by atoms with E-state index in [0.29, 0.717) is 6.54 Å². The summed E-state index contributed by atoms with van der Waals surface area (Å²) in [5.74, 6) is 1.69. The van der Waals surface area contributed by atoms with Crippen molar-refractivity contribution in [1.82, 2.24) is 24.5 Å². The van der Waals surface area contributed by atoms with Gasteiger partial charge in [-0.05, 0) is 11.0 Å². The van der Waals surface area contributed by atoms with Gasteiger partial charge in [0.25, 0.3) is 0 Å². The number of aromatic nitrogens is 5. The van der Waals surface area contributed by atoms with Crippen molar-refractivity contribution in [3.05, 3.63) is 60.4 Å². The van der Waals surface area contributed by atoms with Crippen LogP contribution in [0.15, 0.2) is 54.5 Å². The highest BCUT2D eigenvalue weighted by Gasteiger charge is 2.16. The molecule has 0 fully saturated rings. The van der Waals surface area contributed by atoms with E-state index in [4.69, 9.17) is 0 Å². The Morgan fingerprint density at radius 2 is 1.88 bits per heavy atom. The molecule has 0 radical (unpaired) electrons. The number of nitrogens with zero attached hydrogens (tertiary/aromatic N) is 5. The van der Waals surface area contributed by atoms with Gasteiger partial charge in [0.05, 0.1) is 6.20 Å². The van der Waals surface area contributed by atoms with Gasteiger partial charge in [-0.25, -0.2) is 0 Å². The Morgan fingerprint density at radius 3 is 2.46 bits per heavy atom. The molecule has 0 saturated carbocycles. The minimum atomic E-state index is 0.137. The van der Waals surface area contributed by atoms with E-state index in [2.05, 4.69) is 71.5 Å². The lowest BCUT2D eigenvalue weighted by Gasteiger charge is -2.19. The van der Waals surface area contributed by atoms with Crippen LogP contribution in [0.2, 0.25) is 0 Å². The summed E-state index contributed by atoms with van der Waals surface area (Å²) in [5, 5.41) is 13.9. The van der Waals surface area contributed by atoms with Crippen LogP contribution >= 0.6 is 11.8 Å². The fourth-order valence-electron chi connectivity index (χ4n) is 2.72. The van der Waals surface area contributed by atoms with Crippen molar-refractivity contribution in [2.24, 2.45) is 7.05 Å². The number of aryl methyl sites for hydroxylation is 1. The number of benzene rings is 1. The largest absolute Gasteiger partial charge is 0.298 e. The lowest BCUT2D eigenvalue weighted by atomic mass is 9.87. The molecule has 1 aromatic carbocycles. The molecule has 0 bridgehead atoms. The number of thioether (sulfide) groups is 1. The van der Waals surface area contributed by atoms with Gasteiger partial charge in [0.1, 0.15) is 0 Å². The molecule has 3 rings (SSSR count). The average molecular weight is 368 g/mol. The molecular formula is C20H25N5S. The Labute approximate surface area is 159 Å². The van der Waals surface area contributed by atoms with Crippen molar-refractivity contribution < 1.29 is 0 Å². The van der Waals surface area contributed by atoms with Crippen molar-refractivity contribution in [3.8, 4) is 11.4 Å². The molecule has 2 aromatic heterocycles. The van der Waals surface area contributed by atoms with Crippen LogP contribution in [0.25, 0.3) is 11.4 Å². The van der Waals surface area contributed by atoms with Gasteiger partial charge in [-0.1, -0.05) is 62.9 Å². The molecule has 0 atom stereocenters. The number of hydrogen-bond donors (Lipinski definition) is 0. The first-order valence-corrected chi connectivity index (χ1v) is 9.62. The maximum Gasteiger partial charge on any atom is 0.192 e. The lowest BCUT2D eigenvalue weighted by molar-refractivity contribution is 0.590. The Kier molecular flexibility index (Phi) is 5.32. The molecule has 136 valence electrons. The normalized spacial score (nSPS) is 11.7. The molecule has 0 amide bonds. The minimum Gasteiger partial charge on any atom is -0.298 e. The molecule has 0 N–H and O–H groups in total. The summed E-state index contributed by atoms with van der Waals surface area (Å²) in [6, 6.07) is 8.59. The van der Waals surface area contributed by atoms with Crippen molar-refractivity contribution in [2.75, 3.05) is 0 Å². The van der Waals surface area contributed by atoms with Crippen LogP contribution in [-0.2, 0) is 24.8 Å². The Bertz CT molecular complexity index is 884. The number of allylic oxidation sites excluding steroid dienone is 1. The molecule has 0 saturated heterocycles. The first-order chi connectivity index (χ1) is 12.4. The maximum absolute atomic E-state index is 4.44. The third kappa shape index (κ3) is 4.07. The van der Waals surface area contributed by atoms with E-state index < -0.39 is 0 Å². The number of rotatable bonds is 6. The highest BCUT2D eigenvalue weighted by molar-refractivity contribution is 7.98. The SMILES string of the molecule is C=CCn1c(SCc2cnn(C)c2)nnc1-c1ccc(C(C)(C)C)cc1. The lowest BCUT2D eigenvalue weighted by Crippen LogP contribution is -2.10. The van der Waals surface area contributed by atoms with Gasteiger partial charge in [0.15, 0.2) is 11.0 Å². The molecular weight excluding hydrogens is 342 g/mol. The molecule has 26 heavy (non-hydrogen) atoms. The monoisotopic (exact) mass is 367 g/mol. The predicted molar refractivity (Wildman–Crippen MR) is 107 cm³/mol. The summed E-state index contributed by atoms with van der Waals surface area (Å²) >= 11 is 1.66. The standard InChI is InChI=1S/C20H25N5S/c1-6-11-25-18(16-7-9-17(10-8-16)20(2,3)4)22-23-19(25)26-14-15-12-21-24(5)13-15/h6-10,12-13H,1,11,14H2,2-5H3. The van der Waals surface area contributed by atoms with Gasteiger partial charge in [-0.3, -0.25) is 9.25 Å². The van der Waals surface area contributed by atoms with E-state index in [0.717, 1.165) is 22.3 Å². The first kappa shape index (κ1) is 18.5. The molecule has 0 spiro atoms. The molecule has 0 aliphatic heterocycles. The number of hydrogen-bond acceptors (Lipinski definition) is 4. The van der Waals surface area contributed by atoms with Crippen LogP contribution in [0.3, 0.4) is 0 Å². The summed E-state index contributed by atoms with van der Waals surface area (Å²) in [7, 11) is 1.92. The van der Waals surface area contributed by atoms with Crippen molar-refractivity contribution >= 4 is 11.8 Å². The molecule has 0 aliphatic rings. The zero-order valence-corrected chi connectivity index (χ0v) is 16.6. The second kappa shape index (κ2) is 7.50. The molecule has 6 heteroatoms. The highest BCUT2D eigenvalue weighted by Crippen LogP contribution is 2.28. The molecule has 5 nitrogen and oxygen atoms in total. The Hall–Kier alpha value is -2.34. The van der Waals surface area contributed by atoms with Crippen LogP contribution < -0.4 is 0 Å². The van der Waals surface area contributed by atoms with Gasteiger partial charge in [-0.15, -0.1) is 16.8 Å². The second-order valence-electron chi connectivity index (χ2n) is 7.34. The summed E-state index contributed by atoms with van der Waals surface area (Å²) in [5.41, 5.74) is 3.68. The first-order valence-electron chi connectivity index (χ1n) is 8.64. The van der Waals surface area contributed by atoms with E-state index in [9.17, 15) is 0 Å². The van der Waals surface area contributed by atoms with Gasteiger partial charge in [0, 0.05) is 36.7 Å². The summed E-state index contributed by atoms with van der Waals surface area (Å²) < 4.78 is 3.92. The van der Waals surface area contributed by atoms with E-state index >= 15 is 0 Å². The molecule has 0 unspecified atom stereocenters. The van der Waals surface area contributed by atoms with Gasteiger partial charge in [-0.2, -0.15) is 5.10 Å². The van der Waals surface area contributed by atoms with Crippen LogP contribution in [0.1, 0.15) is 31.9 Å². The van der Waals surface area contributed by atoms with E-state index in [1.54, 1.807) is 11.8 Å². The van der Waals surface area contributed by atoms with Crippen molar-refractivity contribution in [3.63, 3.8) is 0 Å². The molecule has 3 aromatic rings. The summed E-state index contributed by atoms with van der Waals surface area (Å²) in [4.78, 5) is 0. The zero-order chi connectivity index (χ0) is 18.7. The zero-order valence-electron chi connectivity index (χ0n) is 15.8. The highest BCUT2D eigenvalue weighted by atomic mass is 32.2. The third-order valence-corrected chi connectivity index (χ3v) is 5.20. The van der Waals surface area contributed by atoms with Crippen LogP contribution in [0, 0.1) is 0 Å². The summed E-state index contributed by atoms with van der Waals surface area (Å²) in [6.45, 7) is 11.2. The van der Waals surface area contributed by atoms with Crippen LogP contribution in [-0.4, -0.2) is 24.5 Å². The van der Waals surface area contributed by atoms with Gasteiger partial charge in [0.2, 0.25) is 0 Å². The Morgan fingerprint density at radius 1 is 1.15 bits per heavy atom. The van der Waals surface area contributed by atoms with Crippen molar-refractivity contribution in [2.45, 2.75) is 43.6 Å². The van der Waals surface area contributed by atoms with E-state index in [1.165, 1.54) is 11.1 Å². The Balaban J connectivity index is 1.85. The van der Waals surface area contributed by atoms with E-state index in [-0.39, 0.29) is 5.41 Å². The fraction of sp³-hybridized carbons (Fsp3) is 0.350. The van der Waals surface area contributed by atoms with Gasteiger partial charge < -0.3 is 0 Å². The topological polar surface area (TPSA) is 48.5 Å². The fourth-order valence-corrected chi connectivity index (χ4v) is 3.58. The quantitative estimate of drug-likeness (QED) is 0.477. The second-order valence-corrected chi connectivity index (χ2v) is 8.29. The van der Waals surface area contributed by atoms with Crippen LogP contribution in [0.4, 0.5) is 0 Å². The van der Waals surface area contributed by atoms with Crippen LogP contribution in [0.5, 0.6) is 0 Å². The van der Waals surface area contributed by atoms with Crippen molar-refractivity contribution in [1.29, 1.82) is 0 Å². The maximum atomic E-state index is 4.44. The third-order valence-electron chi connectivity index (χ3n) is 4.16. The molecule has 0 aliphatic carbocycles. The average Bonchev–Trinajstić information content (AvgIpc) is 3.19. The minimum absolute atomic E-state index is 0.137. The smallest absolute Gasteiger partial charge is 0.192 e. The molecule has 2 heterocycles. The van der Waals surface area contributed by atoms with Gasteiger partial charge >= 0.3 is 0 Å². The van der Waals surface area contributed by atoms with E-state index in [1.807, 2.05) is 30.2 Å². The summed E-state index contributed by atoms with van der Waals surface area (Å²) in [6.07, 6.45) is 5.78. The predicted octanol–water partition coefficient (Wildman–Crippen LogP) is 4.45.